The molecule has 6 heteroatoms. The molecule has 0 atom stereocenters. The van der Waals surface area contributed by atoms with Crippen LogP contribution >= 0.6 is 11.3 Å². The molecule has 0 saturated carbocycles. The SMILES string of the molecule is Cc1nc2scc(C)n2c1CNCCC(=O)NCC(C)C. The zero-order valence-corrected chi connectivity index (χ0v) is 14.0. The summed E-state index contributed by atoms with van der Waals surface area (Å²) in [6.07, 6.45) is 0.510. The highest BCUT2D eigenvalue weighted by atomic mass is 32.1. The van der Waals surface area contributed by atoms with Gasteiger partial charge in [0.05, 0.1) is 11.4 Å². The number of hydrogen-bond acceptors (Lipinski definition) is 4. The number of fused-ring (bicyclic) bond motifs is 1. The largest absolute Gasteiger partial charge is 0.356 e. The summed E-state index contributed by atoms with van der Waals surface area (Å²) in [5.41, 5.74) is 3.45. The Bertz CT molecular complexity index is 614. The molecule has 5 nitrogen and oxygen atoms in total. The molecule has 2 aromatic rings. The molecule has 0 radical (unpaired) electrons. The van der Waals surface area contributed by atoms with Gasteiger partial charge in [0.25, 0.3) is 0 Å². The molecule has 0 aromatic carbocycles. The number of nitrogens with zero attached hydrogens (tertiary/aromatic N) is 2. The Morgan fingerprint density at radius 3 is 2.90 bits per heavy atom. The van der Waals surface area contributed by atoms with Crippen molar-refractivity contribution in [2.45, 2.75) is 40.7 Å². The van der Waals surface area contributed by atoms with Crippen LogP contribution in [-0.2, 0) is 11.3 Å². The van der Waals surface area contributed by atoms with E-state index in [-0.39, 0.29) is 5.91 Å². The van der Waals surface area contributed by atoms with Crippen LogP contribution in [0.25, 0.3) is 4.96 Å². The van der Waals surface area contributed by atoms with Crippen LogP contribution in [-0.4, -0.2) is 28.4 Å². The lowest BCUT2D eigenvalue weighted by Gasteiger charge is -2.08. The molecule has 1 amide bonds. The highest BCUT2D eigenvalue weighted by molar-refractivity contribution is 7.15. The summed E-state index contributed by atoms with van der Waals surface area (Å²) >= 11 is 1.66. The molecule has 0 spiro atoms. The van der Waals surface area contributed by atoms with Crippen LogP contribution in [0.5, 0.6) is 0 Å². The first-order valence-electron chi connectivity index (χ1n) is 7.38. The van der Waals surface area contributed by atoms with Gasteiger partial charge in [0, 0.05) is 37.1 Å². The van der Waals surface area contributed by atoms with E-state index in [1.807, 2.05) is 6.92 Å². The van der Waals surface area contributed by atoms with E-state index < -0.39 is 0 Å². The second-order valence-electron chi connectivity index (χ2n) is 5.76. The van der Waals surface area contributed by atoms with Gasteiger partial charge >= 0.3 is 0 Å². The van der Waals surface area contributed by atoms with E-state index in [0.717, 1.165) is 23.7 Å². The normalized spacial score (nSPS) is 11.5. The molecule has 0 fully saturated rings. The van der Waals surface area contributed by atoms with Gasteiger partial charge in [-0.1, -0.05) is 13.8 Å². The highest BCUT2D eigenvalue weighted by Gasteiger charge is 2.11. The predicted molar refractivity (Wildman–Crippen MR) is 86.7 cm³/mol. The van der Waals surface area contributed by atoms with Crippen molar-refractivity contribution >= 4 is 22.2 Å². The molecule has 2 aromatic heterocycles. The van der Waals surface area contributed by atoms with Gasteiger partial charge in [0.15, 0.2) is 4.96 Å². The first-order valence-corrected chi connectivity index (χ1v) is 8.26. The quantitative estimate of drug-likeness (QED) is 0.771. The van der Waals surface area contributed by atoms with Crippen LogP contribution in [0.15, 0.2) is 5.38 Å². The number of aromatic nitrogens is 2. The van der Waals surface area contributed by atoms with Crippen molar-refractivity contribution in [2.24, 2.45) is 5.92 Å². The molecule has 0 aliphatic carbocycles. The van der Waals surface area contributed by atoms with Crippen molar-refractivity contribution in [2.75, 3.05) is 13.1 Å². The van der Waals surface area contributed by atoms with E-state index in [1.54, 1.807) is 11.3 Å². The van der Waals surface area contributed by atoms with E-state index in [9.17, 15) is 4.79 Å². The van der Waals surface area contributed by atoms with Crippen molar-refractivity contribution in [3.63, 3.8) is 0 Å². The number of nitrogens with one attached hydrogen (secondary N) is 2. The third-order valence-corrected chi connectivity index (χ3v) is 4.30. The number of amides is 1. The molecular weight excluding hydrogens is 284 g/mol. The van der Waals surface area contributed by atoms with Crippen LogP contribution < -0.4 is 10.6 Å². The number of rotatable bonds is 7. The van der Waals surface area contributed by atoms with E-state index in [1.165, 1.54) is 11.4 Å². The Labute approximate surface area is 129 Å². The summed E-state index contributed by atoms with van der Waals surface area (Å²) < 4.78 is 2.19. The summed E-state index contributed by atoms with van der Waals surface area (Å²) in [5, 5.41) is 8.38. The van der Waals surface area contributed by atoms with Gasteiger partial charge in [0.1, 0.15) is 0 Å². The van der Waals surface area contributed by atoms with Gasteiger partial charge in [-0.25, -0.2) is 4.98 Å². The minimum absolute atomic E-state index is 0.109. The fraction of sp³-hybridized carbons (Fsp3) is 0.600. The predicted octanol–water partition coefficient (Wildman–Crippen LogP) is 2.26. The Morgan fingerprint density at radius 2 is 2.19 bits per heavy atom. The number of imidazole rings is 1. The lowest BCUT2D eigenvalue weighted by Crippen LogP contribution is -2.30. The molecule has 116 valence electrons. The molecule has 0 aliphatic heterocycles. The second kappa shape index (κ2) is 7.04. The molecule has 0 aliphatic rings. The maximum atomic E-state index is 11.6. The van der Waals surface area contributed by atoms with Crippen molar-refractivity contribution in [1.29, 1.82) is 0 Å². The van der Waals surface area contributed by atoms with Gasteiger partial charge in [-0.05, 0) is 19.8 Å². The topological polar surface area (TPSA) is 58.4 Å². The minimum atomic E-state index is 0.109. The van der Waals surface area contributed by atoms with Gasteiger partial charge in [-0.3, -0.25) is 9.20 Å². The third kappa shape index (κ3) is 4.04. The monoisotopic (exact) mass is 308 g/mol. The molecule has 2 heterocycles. The van der Waals surface area contributed by atoms with Crippen molar-refractivity contribution in [1.82, 2.24) is 20.0 Å². The van der Waals surface area contributed by atoms with Crippen LogP contribution in [0.3, 0.4) is 0 Å². The van der Waals surface area contributed by atoms with Crippen molar-refractivity contribution in [3.05, 3.63) is 22.5 Å². The van der Waals surface area contributed by atoms with Crippen LogP contribution in [0, 0.1) is 19.8 Å². The Kier molecular flexibility index (Phi) is 5.36. The van der Waals surface area contributed by atoms with E-state index in [2.05, 4.69) is 46.2 Å². The number of carbonyl (C=O) groups excluding carboxylic acids is 1. The average Bonchev–Trinajstić information content (AvgIpc) is 2.93. The molecule has 2 rings (SSSR count). The zero-order valence-electron chi connectivity index (χ0n) is 13.2. The van der Waals surface area contributed by atoms with Crippen molar-refractivity contribution in [3.8, 4) is 0 Å². The Morgan fingerprint density at radius 1 is 1.43 bits per heavy atom. The fourth-order valence-corrected chi connectivity index (χ4v) is 3.12. The fourth-order valence-electron chi connectivity index (χ4n) is 2.19. The Hall–Kier alpha value is -1.40. The van der Waals surface area contributed by atoms with Gasteiger partial charge in [-0.2, -0.15) is 0 Å². The zero-order chi connectivity index (χ0) is 15.4. The smallest absolute Gasteiger partial charge is 0.221 e. The van der Waals surface area contributed by atoms with Crippen LogP contribution in [0.4, 0.5) is 0 Å². The van der Waals surface area contributed by atoms with Crippen molar-refractivity contribution < 1.29 is 4.79 Å². The number of thiazole rings is 1. The van der Waals surface area contributed by atoms with E-state index in [4.69, 9.17) is 0 Å². The highest BCUT2D eigenvalue weighted by Crippen LogP contribution is 2.20. The molecule has 0 unspecified atom stereocenters. The first-order chi connectivity index (χ1) is 9.99. The van der Waals surface area contributed by atoms with Gasteiger partial charge in [-0.15, -0.1) is 11.3 Å². The summed E-state index contributed by atoms with van der Waals surface area (Å²) in [6.45, 7) is 10.5. The van der Waals surface area contributed by atoms with Crippen LogP contribution in [0.2, 0.25) is 0 Å². The van der Waals surface area contributed by atoms with Gasteiger partial charge in [0.2, 0.25) is 5.91 Å². The summed E-state index contributed by atoms with van der Waals surface area (Å²) in [6, 6.07) is 0. The second-order valence-corrected chi connectivity index (χ2v) is 6.60. The molecular formula is C15H24N4OS. The first kappa shape index (κ1) is 16.0. The van der Waals surface area contributed by atoms with E-state index in [0.29, 0.717) is 18.9 Å². The number of hydrogen-bond donors (Lipinski definition) is 2. The number of aryl methyl sites for hydroxylation is 2. The third-order valence-electron chi connectivity index (χ3n) is 3.36. The standard InChI is InChI=1S/C15H24N4OS/c1-10(2)7-17-14(20)5-6-16-8-13-12(4)18-15-19(13)11(3)9-21-15/h9-10,16H,5-8H2,1-4H3,(H,17,20). The van der Waals surface area contributed by atoms with E-state index >= 15 is 0 Å². The summed E-state index contributed by atoms with van der Waals surface area (Å²) in [7, 11) is 0. The van der Waals surface area contributed by atoms with Crippen LogP contribution in [0.1, 0.15) is 37.4 Å². The average molecular weight is 308 g/mol. The number of carbonyl (C=O) groups is 1. The Balaban J connectivity index is 1.81. The summed E-state index contributed by atoms with van der Waals surface area (Å²) in [5.74, 6) is 0.601. The van der Waals surface area contributed by atoms with Gasteiger partial charge < -0.3 is 10.6 Å². The lowest BCUT2D eigenvalue weighted by atomic mass is 10.2. The maximum absolute atomic E-state index is 11.6. The molecule has 0 bridgehead atoms. The minimum Gasteiger partial charge on any atom is -0.356 e. The maximum Gasteiger partial charge on any atom is 0.221 e. The lowest BCUT2D eigenvalue weighted by molar-refractivity contribution is -0.121. The molecule has 21 heavy (non-hydrogen) atoms. The molecule has 0 saturated heterocycles. The molecule has 2 N–H and O–H groups in total. The summed E-state index contributed by atoms with van der Waals surface area (Å²) in [4.78, 5) is 17.2.